The normalized spacial score (nSPS) is 17.0. The van der Waals surface area contributed by atoms with Crippen LogP contribution >= 0.6 is 0 Å². The number of aryl methyl sites for hydroxylation is 1. The molecule has 3 nitrogen and oxygen atoms in total. The molecule has 3 heteroatoms. The van der Waals surface area contributed by atoms with Gasteiger partial charge in [-0.3, -0.25) is 0 Å². The van der Waals surface area contributed by atoms with Gasteiger partial charge in [0.05, 0.1) is 5.69 Å². The zero-order valence-corrected chi connectivity index (χ0v) is 11.9. The van der Waals surface area contributed by atoms with Crippen LogP contribution in [0, 0.1) is 12.8 Å². The zero-order valence-electron chi connectivity index (χ0n) is 11.9. The van der Waals surface area contributed by atoms with Gasteiger partial charge in [-0.25, -0.2) is 4.98 Å². The van der Waals surface area contributed by atoms with Crippen molar-refractivity contribution in [2.45, 2.75) is 65.3 Å². The van der Waals surface area contributed by atoms with E-state index in [-0.39, 0.29) is 0 Å². The summed E-state index contributed by atoms with van der Waals surface area (Å²) in [6.45, 7) is 6.50. The summed E-state index contributed by atoms with van der Waals surface area (Å²) in [5.41, 5.74) is 1.13. The molecule has 1 fully saturated rings. The Bertz CT molecular complexity index is 351. The fourth-order valence-corrected chi connectivity index (χ4v) is 2.85. The molecule has 0 atom stereocenters. The van der Waals surface area contributed by atoms with Gasteiger partial charge in [-0.1, -0.05) is 32.6 Å². The molecule has 1 heterocycles. The topological polar surface area (TPSA) is 29.9 Å². The molecule has 0 spiro atoms. The smallest absolute Gasteiger partial charge is 0.203 e. The molecule has 18 heavy (non-hydrogen) atoms. The molecule has 0 amide bonds. The van der Waals surface area contributed by atoms with Gasteiger partial charge in [0.25, 0.3) is 0 Å². The molecule has 2 rings (SSSR count). The lowest BCUT2D eigenvalue weighted by atomic mass is 9.89. The Morgan fingerprint density at radius 2 is 2.11 bits per heavy atom. The minimum atomic E-state index is 0.860. The number of aromatic nitrogens is 2. The number of anilines is 1. The SMILES string of the molecule is CCCCNc1nc(C)cn1CC1CCCCC1. The summed E-state index contributed by atoms with van der Waals surface area (Å²) >= 11 is 0. The first-order chi connectivity index (χ1) is 8.79. The second-order valence-electron chi connectivity index (χ2n) is 5.64. The summed E-state index contributed by atoms with van der Waals surface area (Å²) in [4.78, 5) is 4.60. The number of nitrogens with zero attached hydrogens (tertiary/aromatic N) is 2. The molecular weight excluding hydrogens is 222 g/mol. The van der Waals surface area contributed by atoms with E-state index in [1.165, 1.54) is 44.9 Å². The molecule has 1 saturated carbocycles. The van der Waals surface area contributed by atoms with Gasteiger partial charge in [-0.05, 0) is 32.1 Å². The Hall–Kier alpha value is -0.990. The molecule has 1 aromatic heterocycles. The van der Waals surface area contributed by atoms with Crippen LogP contribution in [0.2, 0.25) is 0 Å². The van der Waals surface area contributed by atoms with Crippen molar-refractivity contribution in [2.24, 2.45) is 5.92 Å². The molecule has 0 bridgehead atoms. The monoisotopic (exact) mass is 249 g/mol. The average molecular weight is 249 g/mol. The summed E-state index contributed by atoms with van der Waals surface area (Å²) in [6.07, 6.45) is 11.7. The molecule has 0 aromatic carbocycles. The van der Waals surface area contributed by atoms with Crippen molar-refractivity contribution < 1.29 is 0 Å². The van der Waals surface area contributed by atoms with E-state index in [1.54, 1.807) is 0 Å². The van der Waals surface area contributed by atoms with Gasteiger partial charge in [0.2, 0.25) is 5.95 Å². The summed E-state index contributed by atoms with van der Waals surface area (Å²) in [7, 11) is 0. The Kier molecular flexibility index (Phi) is 5.09. The Morgan fingerprint density at radius 3 is 2.83 bits per heavy atom. The van der Waals surface area contributed by atoms with E-state index in [1.807, 2.05) is 0 Å². The summed E-state index contributed by atoms with van der Waals surface area (Å²) in [5, 5.41) is 3.48. The third kappa shape index (κ3) is 3.76. The number of hydrogen-bond acceptors (Lipinski definition) is 2. The summed E-state index contributed by atoms with van der Waals surface area (Å²) in [5.74, 6) is 1.94. The van der Waals surface area contributed by atoms with Gasteiger partial charge in [-0.15, -0.1) is 0 Å². The van der Waals surface area contributed by atoms with Crippen LogP contribution in [0.4, 0.5) is 5.95 Å². The highest BCUT2D eigenvalue weighted by Crippen LogP contribution is 2.26. The highest BCUT2D eigenvalue weighted by molar-refractivity contribution is 5.28. The summed E-state index contributed by atoms with van der Waals surface area (Å²) < 4.78 is 2.33. The van der Waals surface area contributed by atoms with Crippen LogP contribution in [0.15, 0.2) is 6.20 Å². The van der Waals surface area contributed by atoms with Crippen LogP contribution in [-0.4, -0.2) is 16.1 Å². The lowest BCUT2D eigenvalue weighted by Gasteiger charge is -2.22. The van der Waals surface area contributed by atoms with E-state index in [0.29, 0.717) is 0 Å². The van der Waals surface area contributed by atoms with Gasteiger partial charge in [-0.2, -0.15) is 0 Å². The van der Waals surface area contributed by atoms with Crippen molar-refractivity contribution in [2.75, 3.05) is 11.9 Å². The molecule has 0 radical (unpaired) electrons. The zero-order chi connectivity index (χ0) is 12.8. The van der Waals surface area contributed by atoms with E-state index in [0.717, 1.165) is 30.6 Å². The molecule has 0 aliphatic heterocycles. The first kappa shape index (κ1) is 13.4. The van der Waals surface area contributed by atoms with Crippen molar-refractivity contribution in [3.05, 3.63) is 11.9 Å². The van der Waals surface area contributed by atoms with Crippen molar-refractivity contribution in [3.8, 4) is 0 Å². The maximum Gasteiger partial charge on any atom is 0.203 e. The molecule has 0 saturated heterocycles. The Balaban J connectivity index is 1.93. The van der Waals surface area contributed by atoms with E-state index in [4.69, 9.17) is 0 Å². The highest BCUT2D eigenvalue weighted by Gasteiger charge is 2.15. The highest BCUT2D eigenvalue weighted by atomic mass is 15.2. The predicted octanol–water partition coefficient (Wildman–Crippen LogP) is 3.98. The fourth-order valence-electron chi connectivity index (χ4n) is 2.85. The van der Waals surface area contributed by atoms with Crippen LogP contribution in [-0.2, 0) is 6.54 Å². The van der Waals surface area contributed by atoms with Crippen molar-refractivity contribution in [3.63, 3.8) is 0 Å². The van der Waals surface area contributed by atoms with E-state index in [2.05, 4.69) is 34.9 Å². The third-order valence-corrected chi connectivity index (χ3v) is 3.89. The minimum absolute atomic E-state index is 0.860. The Morgan fingerprint density at radius 1 is 1.33 bits per heavy atom. The quantitative estimate of drug-likeness (QED) is 0.773. The molecule has 1 N–H and O–H groups in total. The first-order valence-corrected chi connectivity index (χ1v) is 7.57. The number of imidazole rings is 1. The van der Waals surface area contributed by atoms with Crippen molar-refractivity contribution in [1.82, 2.24) is 9.55 Å². The van der Waals surface area contributed by atoms with Gasteiger partial charge in [0, 0.05) is 19.3 Å². The van der Waals surface area contributed by atoms with E-state index < -0.39 is 0 Å². The van der Waals surface area contributed by atoms with Crippen LogP contribution < -0.4 is 5.32 Å². The fraction of sp³-hybridized carbons (Fsp3) is 0.800. The Labute approximate surface area is 111 Å². The molecule has 1 aliphatic rings. The molecule has 0 unspecified atom stereocenters. The standard InChI is InChI=1S/C15H27N3/c1-3-4-10-16-15-17-13(2)11-18(15)12-14-8-6-5-7-9-14/h11,14H,3-10,12H2,1-2H3,(H,16,17). The predicted molar refractivity (Wildman–Crippen MR) is 76.9 cm³/mol. The maximum absolute atomic E-state index is 4.60. The minimum Gasteiger partial charge on any atom is -0.356 e. The molecular formula is C15H27N3. The molecule has 1 aliphatic carbocycles. The van der Waals surface area contributed by atoms with Crippen LogP contribution in [0.25, 0.3) is 0 Å². The number of rotatable bonds is 6. The van der Waals surface area contributed by atoms with E-state index in [9.17, 15) is 0 Å². The van der Waals surface area contributed by atoms with Gasteiger partial charge < -0.3 is 9.88 Å². The second kappa shape index (κ2) is 6.81. The maximum atomic E-state index is 4.60. The van der Waals surface area contributed by atoms with Crippen LogP contribution in [0.5, 0.6) is 0 Å². The van der Waals surface area contributed by atoms with E-state index >= 15 is 0 Å². The number of unbranched alkanes of at least 4 members (excludes halogenated alkanes) is 1. The van der Waals surface area contributed by atoms with Crippen LogP contribution in [0.3, 0.4) is 0 Å². The van der Waals surface area contributed by atoms with Crippen molar-refractivity contribution >= 4 is 5.95 Å². The molecule has 1 aromatic rings. The van der Waals surface area contributed by atoms with Crippen LogP contribution in [0.1, 0.15) is 57.6 Å². The van der Waals surface area contributed by atoms with Gasteiger partial charge >= 0.3 is 0 Å². The molecule has 102 valence electrons. The lowest BCUT2D eigenvalue weighted by Crippen LogP contribution is -2.16. The van der Waals surface area contributed by atoms with Gasteiger partial charge in [0.15, 0.2) is 0 Å². The lowest BCUT2D eigenvalue weighted by molar-refractivity contribution is 0.320. The first-order valence-electron chi connectivity index (χ1n) is 7.57. The number of hydrogen-bond donors (Lipinski definition) is 1. The number of nitrogens with one attached hydrogen (secondary N) is 1. The van der Waals surface area contributed by atoms with Crippen molar-refractivity contribution in [1.29, 1.82) is 0 Å². The average Bonchev–Trinajstić information content (AvgIpc) is 2.71. The third-order valence-electron chi connectivity index (χ3n) is 3.89. The summed E-state index contributed by atoms with van der Waals surface area (Å²) in [6, 6.07) is 0. The largest absolute Gasteiger partial charge is 0.356 e. The second-order valence-corrected chi connectivity index (χ2v) is 5.64. The van der Waals surface area contributed by atoms with Gasteiger partial charge in [0.1, 0.15) is 0 Å².